The van der Waals surface area contributed by atoms with Crippen molar-refractivity contribution in [2.75, 3.05) is 13.6 Å². The third-order valence-electron chi connectivity index (χ3n) is 3.75. The summed E-state index contributed by atoms with van der Waals surface area (Å²) in [7, 11) is 1.77. The van der Waals surface area contributed by atoms with Gasteiger partial charge >= 0.3 is 0 Å². The zero-order valence-electron chi connectivity index (χ0n) is 11.4. The van der Waals surface area contributed by atoms with E-state index in [-0.39, 0.29) is 18.0 Å². The molecule has 0 fully saturated rings. The molecular weight excluding hydrogens is 238 g/mol. The number of hydrogen-bond acceptors (Lipinski definition) is 3. The van der Waals surface area contributed by atoms with Crippen LogP contribution in [-0.2, 0) is 11.2 Å². The third kappa shape index (κ3) is 2.77. The van der Waals surface area contributed by atoms with Crippen molar-refractivity contribution in [3.05, 3.63) is 35.4 Å². The van der Waals surface area contributed by atoms with Crippen molar-refractivity contribution >= 4 is 5.91 Å². The van der Waals surface area contributed by atoms with Crippen LogP contribution in [-0.4, -0.2) is 30.4 Å². The molecular formula is C15H19N3O. The van der Waals surface area contributed by atoms with Crippen LogP contribution in [0.3, 0.4) is 0 Å². The highest BCUT2D eigenvalue weighted by molar-refractivity contribution is 5.84. The SMILES string of the molecule is CC(CC#N)N(C)C(=O)C1NCCc2ccccc21. The molecule has 1 amide bonds. The molecule has 0 aromatic heterocycles. The summed E-state index contributed by atoms with van der Waals surface area (Å²) in [6, 6.07) is 9.82. The van der Waals surface area contributed by atoms with Crippen LogP contribution in [0.25, 0.3) is 0 Å². The molecule has 2 rings (SSSR count). The van der Waals surface area contributed by atoms with Crippen molar-refractivity contribution in [1.82, 2.24) is 10.2 Å². The number of carbonyl (C=O) groups is 1. The maximum atomic E-state index is 12.5. The molecule has 1 aliphatic heterocycles. The molecule has 2 unspecified atom stereocenters. The van der Waals surface area contributed by atoms with Gasteiger partial charge in [0.1, 0.15) is 6.04 Å². The molecule has 0 bridgehead atoms. The molecule has 1 N–H and O–H groups in total. The number of amides is 1. The van der Waals surface area contributed by atoms with E-state index >= 15 is 0 Å². The van der Waals surface area contributed by atoms with Gasteiger partial charge in [-0.05, 0) is 24.5 Å². The lowest BCUT2D eigenvalue weighted by Gasteiger charge is -2.32. The number of fused-ring (bicyclic) bond motifs is 1. The van der Waals surface area contributed by atoms with E-state index in [9.17, 15) is 4.79 Å². The number of hydrogen-bond donors (Lipinski definition) is 1. The van der Waals surface area contributed by atoms with E-state index in [2.05, 4.69) is 17.5 Å². The zero-order chi connectivity index (χ0) is 13.8. The normalized spacial score (nSPS) is 19.1. The van der Waals surface area contributed by atoms with Gasteiger partial charge in [0.05, 0.1) is 12.5 Å². The second kappa shape index (κ2) is 5.85. The van der Waals surface area contributed by atoms with E-state index < -0.39 is 0 Å². The summed E-state index contributed by atoms with van der Waals surface area (Å²) in [5, 5.41) is 12.0. The predicted octanol–water partition coefficient (Wildman–Crippen LogP) is 1.63. The number of carbonyl (C=O) groups excluding carboxylic acids is 1. The molecule has 1 heterocycles. The van der Waals surface area contributed by atoms with Gasteiger partial charge in [0, 0.05) is 19.6 Å². The predicted molar refractivity (Wildman–Crippen MR) is 73.4 cm³/mol. The Balaban J connectivity index is 2.19. The van der Waals surface area contributed by atoms with E-state index in [4.69, 9.17) is 5.26 Å². The summed E-state index contributed by atoms with van der Waals surface area (Å²) in [6.45, 7) is 2.71. The first-order valence-electron chi connectivity index (χ1n) is 6.60. The topological polar surface area (TPSA) is 56.1 Å². The number of rotatable bonds is 3. The summed E-state index contributed by atoms with van der Waals surface area (Å²) < 4.78 is 0. The van der Waals surface area contributed by atoms with Gasteiger partial charge in [-0.1, -0.05) is 24.3 Å². The molecule has 0 saturated carbocycles. The summed E-state index contributed by atoms with van der Waals surface area (Å²) in [4.78, 5) is 14.2. The summed E-state index contributed by atoms with van der Waals surface area (Å²) in [5.74, 6) is 0.0369. The first kappa shape index (κ1) is 13.6. The fraction of sp³-hybridized carbons (Fsp3) is 0.467. The average Bonchev–Trinajstić information content (AvgIpc) is 2.45. The minimum atomic E-state index is -0.281. The Kier molecular flexibility index (Phi) is 4.18. The first-order valence-corrected chi connectivity index (χ1v) is 6.60. The lowest BCUT2D eigenvalue weighted by atomic mass is 9.93. The van der Waals surface area contributed by atoms with Gasteiger partial charge in [-0.15, -0.1) is 0 Å². The molecule has 1 aromatic carbocycles. The lowest BCUT2D eigenvalue weighted by molar-refractivity contribution is -0.134. The molecule has 0 radical (unpaired) electrons. The van der Waals surface area contributed by atoms with Crippen LogP contribution >= 0.6 is 0 Å². The molecule has 1 aromatic rings. The number of benzene rings is 1. The van der Waals surface area contributed by atoms with Crippen molar-refractivity contribution in [2.45, 2.75) is 31.8 Å². The van der Waals surface area contributed by atoms with Crippen LogP contribution in [0.5, 0.6) is 0 Å². The Bertz CT molecular complexity index is 506. The summed E-state index contributed by atoms with van der Waals surface area (Å²) in [6.07, 6.45) is 1.31. The Morgan fingerprint density at radius 1 is 1.58 bits per heavy atom. The minimum absolute atomic E-state index is 0.0369. The van der Waals surface area contributed by atoms with Gasteiger partial charge < -0.3 is 10.2 Å². The molecule has 0 saturated heterocycles. The molecule has 0 spiro atoms. The molecule has 4 heteroatoms. The second-order valence-electron chi connectivity index (χ2n) is 5.00. The molecule has 2 atom stereocenters. The Morgan fingerprint density at radius 3 is 3.05 bits per heavy atom. The van der Waals surface area contributed by atoms with Crippen molar-refractivity contribution in [1.29, 1.82) is 5.26 Å². The van der Waals surface area contributed by atoms with Crippen molar-refractivity contribution in [3.63, 3.8) is 0 Å². The average molecular weight is 257 g/mol. The van der Waals surface area contributed by atoms with Gasteiger partial charge in [-0.3, -0.25) is 4.79 Å². The van der Waals surface area contributed by atoms with E-state index in [1.54, 1.807) is 11.9 Å². The molecule has 19 heavy (non-hydrogen) atoms. The summed E-state index contributed by atoms with van der Waals surface area (Å²) >= 11 is 0. The Hall–Kier alpha value is -1.86. The number of nitriles is 1. The standard InChI is InChI=1S/C15H19N3O/c1-11(7-9-16)18(2)15(19)14-13-6-4-3-5-12(13)8-10-17-14/h3-6,11,14,17H,7-8,10H2,1-2H3. The van der Waals surface area contributed by atoms with Crippen LogP contribution < -0.4 is 5.32 Å². The van der Waals surface area contributed by atoms with Gasteiger partial charge in [0.2, 0.25) is 5.91 Å². The smallest absolute Gasteiger partial charge is 0.244 e. The molecule has 100 valence electrons. The monoisotopic (exact) mass is 257 g/mol. The van der Waals surface area contributed by atoms with E-state index in [0.717, 1.165) is 18.5 Å². The number of nitrogens with zero attached hydrogens (tertiary/aromatic N) is 2. The molecule has 0 aliphatic carbocycles. The van der Waals surface area contributed by atoms with Crippen molar-refractivity contribution in [3.8, 4) is 6.07 Å². The quantitative estimate of drug-likeness (QED) is 0.895. The van der Waals surface area contributed by atoms with Gasteiger partial charge in [0.25, 0.3) is 0 Å². The van der Waals surface area contributed by atoms with E-state index in [1.165, 1.54) is 5.56 Å². The zero-order valence-corrected chi connectivity index (χ0v) is 11.4. The number of nitrogens with one attached hydrogen (secondary N) is 1. The second-order valence-corrected chi connectivity index (χ2v) is 5.00. The lowest BCUT2D eigenvalue weighted by Crippen LogP contribution is -2.45. The Morgan fingerprint density at radius 2 is 2.32 bits per heavy atom. The van der Waals surface area contributed by atoms with Crippen LogP contribution in [0.2, 0.25) is 0 Å². The van der Waals surface area contributed by atoms with Crippen molar-refractivity contribution in [2.24, 2.45) is 0 Å². The first-order chi connectivity index (χ1) is 9.15. The van der Waals surface area contributed by atoms with Crippen molar-refractivity contribution < 1.29 is 4.79 Å². The van der Waals surface area contributed by atoms with E-state index in [0.29, 0.717) is 6.42 Å². The minimum Gasteiger partial charge on any atom is -0.340 e. The highest BCUT2D eigenvalue weighted by atomic mass is 16.2. The maximum Gasteiger partial charge on any atom is 0.244 e. The van der Waals surface area contributed by atoms with Crippen LogP contribution in [0.4, 0.5) is 0 Å². The Labute approximate surface area is 114 Å². The van der Waals surface area contributed by atoms with E-state index in [1.807, 2.05) is 25.1 Å². The fourth-order valence-corrected chi connectivity index (χ4v) is 2.41. The van der Waals surface area contributed by atoms with Crippen LogP contribution in [0.15, 0.2) is 24.3 Å². The molecule has 1 aliphatic rings. The van der Waals surface area contributed by atoms with Crippen LogP contribution in [0, 0.1) is 11.3 Å². The third-order valence-corrected chi connectivity index (χ3v) is 3.75. The van der Waals surface area contributed by atoms with Gasteiger partial charge in [0.15, 0.2) is 0 Å². The van der Waals surface area contributed by atoms with Gasteiger partial charge in [-0.25, -0.2) is 0 Å². The molecule has 4 nitrogen and oxygen atoms in total. The highest BCUT2D eigenvalue weighted by Gasteiger charge is 2.29. The van der Waals surface area contributed by atoms with Gasteiger partial charge in [-0.2, -0.15) is 5.26 Å². The summed E-state index contributed by atoms with van der Waals surface area (Å²) in [5.41, 5.74) is 2.30. The highest BCUT2D eigenvalue weighted by Crippen LogP contribution is 2.24. The van der Waals surface area contributed by atoms with Crippen LogP contribution in [0.1, 0.15) is 30.5 Å². The largest absolute Gasteiger partial charge is 0.340 e. The fourth-order valence-electron chi connectivity index (χ4n) is 2.41. The number of likely N-dealkylation sites (N-methyl/N-ethyl adjacent to an activating group) is 1. The maximum absolute atomic E-state index is 12.5.